The van der Waals surface area contributed by atoms with Crippen molar-refractivity contribution in [1.82, 2.24) is 14.8 Å². The van der Waals surface area contributed by atoms with Crippen LogP contribution >= 0.6 is 11.8 Å². The van der Waals surface area contributed by atoms with Gasteiger partial charge in [-0.15, -0.1) is 10.2 Å². The first kappa shape index (κ1) is 23.6. The molecule has 0 spiro atoms. The summed E-state index contributed by atoms with van der Waals surface area (Å²) in [5.41, 5.74) is 2.77. The fourth-order valence-electron chi connectivity index (χ4n) is 4.23. The molecule has 7 heteroatoms. The third-order valence-corrected chi connectivity index (χ3v) is 6.91. The fraction of sp³-hybridized carbons (Fsp3) is 0.138. The van der Waals surface area contributed by atoms with E-state index in [1.54, 1.807) is 7.11 Å². The molecule has 36 heavy (non-hydrogen) atoms. The molecule has 1 amide bonds. The zero-order chi connectivity index (χ0) is 24.9. The maximum Gasteiger partial charge on any atom is 0.237 e. The van der Waals surface area contributed by atoms with Crippen LogP contribution in [-0.2, 0) is 4.79 Å². The zero-order valence-electron chi connectivity index (χ0n) is 20.2. The lowest BCUT2D eigenvalue weighted by atomic mass is 10.1. The van der Waals surface area contributed by atoms with Gasteiger partial charge in [-0.05, 0) is 54.8 Å². The van der Waals surface area contributed by atoms with Crippen molar-refractivity contribution in [2.45, 2.75) is 12.1 Å². The summed E-state index contributed by atoms with van der Waals surface area (Å²) in [6.45, 7) is 2.58. The molecule has 0 atom stereocenters. The second-order valence-corrected chi connectivity index (χ2v) is 9.07. The molecule has 4 aromatic carbocycles. The minimum Gasteiger partial charge on any atom is -0.497 e. The number of carbonyl (C=O) groups excluding carboxylic acids is 1. The summed E-state index contributed by atoms with van der Waals surface area (Å²) in [6, 6.07) is 31.9. The molecule has 1 heterocycles. The van der Waals surface area contributed by atoms with Crippen molar-refractivity contribution in [3.63, 3.8) is 0 Å². The molecule has 5 aromatic rings. The molecule has 0 bridgehead atoms. The number of hydrogen-bond donors (Lipinski definition) is 0. The number of rotatable bonds is 8. The summed E-state index contributed by atoms with van der Waals surface area (Å²) in [6.07, 6.45) is 0. The summed E-state index contributed by atoms with van der Waals surface area (Å²) in [4.78, 5) is 15.3. The summed E-state index contributed by atoms with van der Waals surface area (Å²) in [5.74, 6) is 1.75. The van der Waals surface area contributed by atoms with Gasteiger partial charge in [-0.25, -0.2) is 0 Å². The van der Waals surface area contributed by atoms with Gasteiger partial charge in [0, 0.05) is 23.2 Å². The van der Waals surface area contributed by atoms with Crippen LogP contribution in [0.1, 0.15) is 6.92 Å². The normalized spacial score (nSPS) is 10.9. The lowest BCUT2D eigenvalue weighted by Gasteiger charge is -2.22. The Morgan fingerprint density at radius 3 is 2.36 bits per heavy atom. The lowest BCUT2D eigenvalue weighted by molar-refractivity contribution is -0.116. The smallest absolute Gasteiger partial charge is 0.237 e. The average Bonchev–Trinajstić information content (AvgIpc) is 3.37. The number of hydrogen-bond acceptors (Lipinski definition) is 5. The van der Waals surface area contributed by atoms with Crippen molar-refractivity contribution < 1.29 is 9.53 Å². The van der Waals surface area contributed by atoms with Crippen LogP contribution in [0.5, 0.6) is 5.75 Å². The summed E-state index contributed by atoms with van der Waals surface area (Å²) in [5, 5.41) is 11.8. The summed E-state index contributed by atoms with van der Waals surface area (Å²) >= 11 is 1.39. The number of amides is 1. The molecule has 0 saturated heterocycles. The monoisotopic (exact) mass is 494 g/mol. The zero-order valence-corrected chi connectivity index (χ0v) is 21.0. The minimum absolute atomic E-state index is 0.0208. The Labute approximate surface area is 214 Å². The number of fused-ring (bicyclic) bond motifs is 1. The predicted molar refractivity (Wildman–Crippen MR) is 146 cm³/mol. The number of benzene rings is 4. The highest BCUT2D eigenvalue weighted by Crippen LogP contribution is 2.31. The number of methoxy groups -OCH3 is 1. The van der Waals surface area contributed by atoms with Crippen molar-refractivity contribution in [3.05, 3.63) is 97.1 Å². The van der Waals surface area contributed by atoms with E-state index in [4.69, 9.17) is 4.74 Å². The van der Waals surface area contributed by atoms with E-state index in [1.807, 2.05) is 95.3 Å². The Bertz CT molecular complexity index is 1480. The van der Waals surface area contributed by atoms with Crippen LogP contribution in [0.3, 0.4) is 0 Å². The number of ether oxygens (including phenoxy) is 1. The van der Waals surface area contributed by atoms with Crippen molar-refractivity contribution in [2.75, 3.05) is 24.3 Å². The fourth-order valence-corrected chi connectivity index (χ4v) is 5.06. The van der Waals surface area contributed by atoms with Gasteiger partial charge in [0.25, 0.3) is 0 Å². The molecule has 5 rings (SSSR count). The van der Waals surface area contributed by atoms with Crippen LogP contribution in [-0.4, -0.2) is 40.1 Å². The van der Waals surface area contributed by atoms with Crippen LogP contribution in [0.15, 0.2) is 102 Å². The SMILES string of the molecule is CCN(C(=O)CSc1nnc(-c2ccc(OC)cc2)n1-c1ccccc1)c1cccc2ccccc12. The Morgan fingerprint density at radius 1 is 0.889 bits per heavy atom. The molecule has 0 radical (unpaired) electrons. The van der Waals surface area contributed by atoms with Gasteiger partial charge in [0.05, 0.1) is 18.6 Å². The van der Waals surface area contributed by atoms with Crippen LogP contribution < -0.4 is 9.64 Å². The Kier molecular flexibility index (Phi) is 7.00. The topological polar surface area (TPSA) is 60.3 Å². The first-order chi connectivity index (χ1) is 17.7. The minimum atomic E-state index is 0.0208. The van der Waals surface area contributed by atoms with Crippen molar-refractivity contribution in [2.24, 2.45) is 0 Å². The van der Waals surface area contributed by atoms with Gasteiger partial charge in [-0.2, -0.15) is 0 Å². The van der Waals surface area contributed by atoms with Crippen LogP contribution in [0.2, 0.25) is 0 Å². The standard InChI is InChI=1S/C29H26N4O2S/c1-3-32(26-15-9-11-21-10-7-8-14-25(21)26)27(34)20-36-29-31-30-28(22-16-18-24(35-2)19-17-22)33(29)23-12-5-4-6-13-23/h4-19H,3,20H2,1-2H3. The Hall–Kier alpha value is -4.10. The first-order valence-electron chi connectivity index (χ1n) is 11.8. The van der Waals surface area contributed by atoms with Gasteiger partial charge < -0.3 is 9.64 Å². The van der Waals surface area contributed by atoms with Crippen LogP contribution in [0, 0.1) is 0 Å². The van der Waals surface area contributed by atoms with Gasteiger partial charge >= 0.3 is 0 Å². The maximum atomic E-state index is 13.4. The van der Waals surface area contributed by atoms with Crippen LogP contribution in [0.4, 0.5) is 5.69 Å². The van der Waals surface area contributed by atoms with Gasteiger partial charge in [0.15, 0.2) is 11.0 Å². The third-order valence-electron chi connectivity index (χ3n) is 6.00. The lowest BCUT2D eigenvalue weighted by Crippen LogP contribution is -2.32. The molecule has 1 aromatic heterocycles. The van der Waals surface area contributed by atoms with E-state index in [-0.39, 0.29) is 11.7 Å². The molecule has 0 fully saturated rings. The Morgan fingerprint density at radius 2 is 1.61 bits per heavy atom. The van der Waals surface area contributed by atoms with Gasteiger partial charge in [0.1, 0.15) is 5.75 Å². The van der Waals surface area contributed by atoms with E-state index in [0.29, 0.717) is 17.5 Å². The van der Waals surface area contributed by atoms with E-state index in [0.717, 1.165) is 33.5 Å². The second kappa shape index (κ2) is 10.7. The molecular weight excluding hydrogens is 468 g/mol. The number of nitrogens with zero attached hydrogens (tertiary/aromatic N) is 4. The highest BCUT2D eigenvalue weighted by molar-refractivity contribution is 7.99. The van der Waals surface area contributed by atoms with Crippen molar-refractivity contribution in [3.8, 4) is 22.8 Å². The number of thioether (sulfide) groups is 1. The number of anilines is 1. The van der Waals surface area contributed by atoms with E-state index < -0.39 is 0 Å². The van der Waals surface area contributed by atoms with E-state index in [2.05, 4.69) is 28.4 Å². The largest absolute Gasteiger partial charge is 0.497 e. The maximum absolute atomic E-state index is 13.4. The quantitative estimate of drug-likeness (QED) is 0.239. The van der Waals surface area contributed by atoms with Crippen LogP contribution in [0.25, 0.3) is 27.8 Å². The van der Waals surface area contributed by atoms with Crippen molar-refractivity contribution >= 4 is 34.1 Å². The van der Waals surface area contributed by atoms with Gasteiger partial charge in [-0.1, -0.05) is 66.4 Å². The molecule has 0 saturated carbocycles. The van der Waals surface area contributed by atoms with E-state index in [9.17, 15) is 4.79 Å². The highest BCUT2D eigenvalue weighted by atomic mass is 32.2. The first-order valence-corrected chi connectivity index (χ1v) is 12.7. The van der Waals surface area contributed by atoms with E-state index in [1.165, 1.54) is 11.8 Å². The molecule has 6 nitrogen and oxygen atoms in total. The van der Waals surface area contributed by atoms with E-state index >= 15 is 0 Å². The number of carbonyl (C=O) groups is 1. The predicted octanol–water partition coefficient (Wildman–Crippen LogP) is 6.24. The van der Waals surface area contributed by atoms with Gasteiger partial charge in [0.2, 0.25) is 5.91 Å². The molecule has 0 aliphatic heterocycles. The second-order valence-electron chi connectivity index (χ2n) is 8.13. The number of aromatic nitrogens is 3. The molecule has 0 aliphatic rings. The summed E-state index contributed by atoms with van der Waals surface area (Å²) < 4.78 is 7.29. The highest BCUT2D eigenvalue weighted by Gasteiger charge is 2.20. The molecular formula is C29H26N4O2S. The molecule has 0 aliphatic carbocycles. The third kappa shape index (κ3) is 4.70. The number of para-hydroxylation sites is 1. The Balaban J connectivity index is 1.44. The average molecular weight is 495 g/mol. The van der Waals surface area contributed by atoms with Crippen molar-refractivity contribution in [1.29, 1.82) is 0 Å². The molecule has 0 unspecified atom stereocenters. The van der Waals surface area contributed by atoms with Gasteiger partial charge in [-0.3, -0.25) is 9.36 Å². The summed E-state index contributed by atoms with van der Waals surface area (Å²) in [7, 11) is 1.64. The molecule has 180 valence electrons. The molecule has 0 N–H and O–H groups in total.